The molecular weight excluding hydrogens is 316 g/mol. The van der Waals surface area contributed by atoms with Crippen molar-refractivity contribution in [3.63, 3.8) is 0 Å². The summed E-state index contributed by atoms with van der Waals surface area (Å²) in [6.07, 6.45) is 3.56. The van der Waals surface area contributed by atoms with Gasteiger partial charge in [-0.2, -0.15) is 0 Å². The largest absolute Gasteiger partial charge is 0.497 e. The van der Waals surface area contributed by atoms with E-state index < -0.39 is 0 Å². The summed E-state index contributed by atoms with van der Waals surface area (Å²) in [5.74, 6) is 1.50. The molecule has 0 radical (unpaired) electrons. The molecule has 25 heavy (non-hydrogen) atoms. The van der Waals surface area contributed by atoms with Crippen LogP contribution in [0.2, 0.25) is 0 Å². The molecule has 3 aromatic rings. The van der Waals surface area contributed by atoms with Gasteiger partial charge >= 0.3 is 6.03 Å². The molecule has 1 aromatic heterocycles. The van der Waals surface area contributed by atoms with Crippen molar-refractivity contribution >= 4 is 11.7 Å². The zero-order valence-electron chi connectivity index (χ0n) is 14.1. The summed E-state index contributed by atoms with van der Waals surface area (Å²) in [6.45, 7) is 0. The Labute approximate surface area is 146 Å². The van der Waals surface area contributed by atoms with Crippen LogP contribution in [0.15, 0.2) is 67.0 Å². The van der Waals surface area contributed by atoms with Gasteiger partial charge in [0.05, 0.1) is 7.11 Å². The third-order valence-electron chi connectivity index (χ3n) is 3.87. The number of ether oxygens (including phenoxy) is 1. The minimum absolute atomic E-state index is 0.296. The molecule has 6 heteroatoms. The van der Waals surface area contributed by atoms with E-state index in [4.69, 9.17) is 4.74 Å². The minimum Gasteiger partial charge on any atom is -0.497 e. The lowest BCUT2D eigenvalue weighted by molar-refractivity contribution is 0.249. The molecule has 0 saturated carbocycles. The summed E-state index contributed by atoms with van der Waals surface area (Å²) in [5, 5.41) is 5.82. The van der Waals surface area contributed by atoms with Gasteiger partial charge in [-0.05, 0) is 29.8 Å². The zero-order valence-corrected chi connectivity index (χ0v) is 14.1. The van der Waals surface area contributed by atoms with Gasteiger partial charge in [-0.1, -0.05) is 30.3 Å². The van der Waals surface area contributed by atoms with E-state index in [1.165, 1.54) is 0 Å². The molecule has 0 fully saturated rings. The van der Waals surface area contributed by atoms with Crippen molar-refractivity contribution < 1.29 is 9.53 Å². The van der Waals surface area contributed by atoms with Crippen LogP contribution in [0.5, 0.6) is 5.75 Å². The van der Waals surface area contributed by atoms with Crippen molar-refractivity contribution in [3.05, 3.63) is 78.4 Å². The summed E-state index contributed by atoms with van der Waals surface area (Å²) >= 11 is 0. The lowest BCUT2D eigenvalue weighted by Crippen LogP contribution is -2.34. The van der Waals surface area contributed by atoms with Gasteiger partial charge in [0.15, 0.2) is 0 Å². The number of nitrogens with one attached hydrogen (secondary N) is 2. The average molecular weight is 336 g/mol. The fourth-order valence-corrected chi connectivity index (χ4v) is 2.57. The molecular formula is C19H20N4O2. The summed E-state index contributed by atoms with van der Waals surface area (Å²) in [6, 6.07) is 16.2. The Hall–Kier alpha value is -3.28. The fourth-order valence-electron chi connectivity index (χ4n) is 2.57. The Kier molecular flexibility index (Phi) is 4.99. The number of nitrogens with zero attached hydrogens (tertiary/aromatic N) is 2. The van der Waals surface area contributed by atoms with Crippen molar-refractivity contribution in [1.82, 2.24) is 14.9 Å². The fraction of sp³-hybridized carbons (Fsp3) is 0.158. The highest BCUT2D eigenvalue weighted by molar-refractivity contribution is 5.89. The Bertz CT molecular complexity index is 828. The van der Waals surface area contributed by atoms with E-state index in [1.54, 1.807) is 13.3 Å². The maximum atomic E-state index is 12.4. The Morgan fingerprint density at radius 1 is 1.12 bits per heavy atom. The molecule has 2 N–H and O–H groups in total. The number of rotatable bonds is 5. The third kappa shape index (κ3) is 3.98. The van der Waals surface area contributed by atoms with E-state index >= 15 is 0 Å². The molecule has 128 valence electrons. The van der Waals surface area contributed by atoms with Crippen molar-refractivity contribution in [2.45, 2.75) is 6.04 Å². The molecule has 1 heterocycles. The summed E-state index contributed by atoms with van der Waals surface area (Å²) in [7, 11) is 3.52. The molecule has 0 aliphatic rings. The van der Waals surface area contributed by atoms with Gasteiger partial charge in [0.1, 0.15) is 17.6 Å². The van der Waals surface area contributed by atoms with Crippen molar-refractivity contribution in [2.75, 3.05) is 12.4 Å². The van der Waals surface area contributed by atoms with E-state index in [-0.39, 0.29) is 12.1 Å². The molecule has 0 aliphatic carbocycles. The van der Waals surface area contributed by atoms with E-state index in [2.05, 4.69) is 15.6 Å². The normalized spacial score (nSPS) is 11.6. The van der Waals surface area contributed by atoms with Crippen LogP contribution in [-0.2, 0) is 7.05 Å². The highest BCUT2D eigenvalue weighted by atomic mass is 16.5. The third-order valence-corrected chi connectivity index (χ3v) is 3.87. The van der Waals surface area contributed by atoms with Crippen LogP contribution >= 0.6 is 0 Å². The first-order chi connectivity index (χ1) is 12.2. The second-order valence-corrected chi connectivity index (χ2v) is 5.57. The van der Waals surface area contributed by atoms with Crippen LogP contribution < -0.4 is 15.4 Å². The van der Waals surface area contributed by atoms with E-state index in [1.807, 2.05) is 72.4 Å². The smallest absolute Gasteiger partial charge is 0.320 e. The van der Waals surface area contributed by atoms with E-state index in [0.717, 1.165) is 22.8 Å². The van der Waals surface area contributed by atoms with Gasteiger partial charge < -0.3 is 19.9 Å². The summed E-state index contributed by atoms with van der Waals surface area (Å²) in [4.78, 5) is 16.8. The molecule has 0 bridgehead atoms. The zero-order chi connectivity index (χ0) is 17.6. The van der Waals surface area contributed by atoms with Gasteiger partial charge in [0.25, 0.3) is 0 Å². The number of methoxy groups -OCH3 is 1. The number of carbonyl (C=O) groups excluding carboxylic acids is 1. The minimum atomic E-state index is -0.380. The number of urea groups is 1. The van der Waals surface area contributed by atoms with Gasteiger partial charge in [-0.25, -0.2) is 9.78 Å². The van der Waals surface area contributed by atoms with Crippen molar-refractivity contribution in [2.24, 2.45) is 7.05 Å². The molecule has 3 rings (SSSR count). The topological polar surface area (TPSA) is 68.2 Å². The number of hydrogen-bond acceptors (Lipinski definition) is 3. The average Bonchev–Trinajstić information content (AvgIpc) is 3.06. The predicted molar refractivity (Wildman–Crippen MR) is 96.6 cm³/mol. The summed E-state index contributed by atoms with van der Waals surface area (Å²) < 4.78 is 7.09. The number of anilines is 1. The number of para-hydroxylation sites is 1. The quantitative estimate of drug-likeness (QED) is 0.751. The number of imidazole rings is 1. The highest BCUT2D eigenvalue weighted by Gasteiger charge is 2.20. The maximum Gasteiger partial charge on any atom is 0.320 e. The van der Waals surface area contributed by atoms with Crippen LogP contribution in [0.1, 0.15) is 17.4 Å². The Balaban J connectivity index is 1.83. The van der Waals surface area contributed by atoms with Crippen LogP contribution in [0.25, 0.3) is 0 Å². The molecule has 0 spiro atoms. The van der Waals surface area contributed by atoms with Crippen molar-refractivity contribution in [3.8, 4) is 5.75 Å². The Morgan fingerprint density at radius 2 is 1.84 bits per heavy atom. The van der Waals surface area contributed by atoms with Crippen LogP contribution in [0, 0.1) is 0 Å². The van der Waals surface area contributed by atoms with Crippen LogP contribution in [-0.4, -0.2) is 22.7 Å². The number of carbonyl (C=O) groups is 1. The SMILES string of the molecule is COc1ccc([C@H](NC(=O)Nc2ccccc2)c2nccn2C)cc1. The second kappa shape index (κ2) is 7.53. The number of aromatic nitrogens is 2. The monoisotopic (exact) mass is 336 g/mol. The predicted octanol–water partition coefficient (Wildman–Crippen LogP) is 3.34. The van der Waals surface area contributed by atoms with Crippen LogP contribution in [0.3, 0.4) is 0 Å². The molecule has 2 aromatic carbocycles. The first-order valence-electron chi connectivity index (χ1n) is 7.91. The highest BCUT2D eigenvalue weighted by Crippen LogP contribution is 2.23. The van der Waals surface area contributed by atoms with Gasteiger partial charge in [0.2, 0.25) is 0 Å². The molecule has 6 nitrogen and oxygen atoms in total. The molecule has 0 unspecified atom stereocenters. The maximum absolute atomic E-state index is 12.4. The Morgan fingerprint density at radius 3 is 2.44 bits per heavy atom. The first kappa shape index (κ1) is 16.6. The number of benzene rings is 2. The standard InChI is InChI=1S/C19H20N4O2/c1-23-13-12-20-18(23)17(14-8-10-16(25-2)11-9-14)22-19(24)21-15-6-4-3-5-7-15/h3-13,17H,1-2H3,(H2,21,22,24)/t17-/m0/s1. The molecule has 2 amide bonds. The number of amides is 2. The van der Waals surface area contributed by atoms with Gasteiger partial charge in [-0.15, -0.1) is 0 Å². The second-order valence-electron chi connectivity index (χ2n) is 5.57. The lowest BCUT2D eigenvalue weighted by atomic mass is 10.1. The molecule has 0 saturated heterocycles. The van der Waals surface area contributed by atoms with Crippen molar-refractivity contribution in [1.29, 1.82) is 0 Å². The molecule has 1 atom stereocenters. The van der Waals surface area contributed by atoms with Crippen LogP contribution in [0.4, 0.5) is 10.5 Å². The van der Waals surface area contributed by atoms with E-state index in [9.17, 15) is 4.79 Å². The van der Waals surface area contributed by atoms with E-state index in [0.29, 0.717) is 0 Å². The molecule has 0 aliphatic heterocycles. The first-order valence-corrected chi connectivity index (χ1v) is 7.91. The summed E-state index contributed by atoms with van der Waals surface area (Å²) in [5.41, 5.74) is 1.65. The number of hydrogen-bond donors (Lipinski definition) is 2. The van der Waals surface area contributed by atoms with Gasteiger partial charge in [-0.3, -0.25) is 0 Å². The lowest BCUT2D eigenvalue weighted by Gasteiger charge is -2.20. The van der Waals surface area contributed by atoms with Gasteiger partial charge in [0, 0.05) is 25.1 Å². The number of aryl methyl sites for hydroxylation is 1.